The van der Waals surface area contributed by atoms with Crippen LogP contribution in [0.1, 0.15) is 55.4 Å². The Morgan fingerprint density at radius 3 is 1.08 bits per heavy atom. The van der Waals surface area contributed by atoms with Crippen LogP contribution >= 0.6 is 92.8 Å². The number of nitrogens with two attached hydrogens (primary N) is 1. The number of rotatable bonds is 13. The van der Waals surface area contributed by atoms with Gasteiger partial charge < -0.3 is 57.4 Å². The van der Waals surface area contributed by atoms with Gasteiger partial charge in [0.1, 0.15) is 59.7 Å². The number of halogens is 12. The minimum atomic E-state index is -0.981. The summed E-state index contributed by atoms with van der Waals surface area (Å²) < 4.78 is 58.0. The monoisotopic (exact) mass is 1950 g/mol. The quantitative estimate of drug-likeness (QED) is 0.0101. The van der Waals surface area contributed by atoms with E-state index in [2.05, 4.69) is 168 Å². The number of nitrogens with zero attached hydrogens (tertiary/aromatic N) is 13. The number of carbonyl (C=O) groups is 2. The van der Waals surface area contributed by atoms with Crippen molar-refractivity contribution in [3.05, 3.63) is 254 Å². The molecule has 0 radical (unpaired) electrons. The molecule has 4 saturated carbocycles. The van der Waals surface area contributed by atoms with Crippen LogP contribution in [0.15, 0.2) is 148 Å². The van der Waals surface area contributed by atoms with E-state index in [4.69, 9.17) is 104 Å². The molecule has 20 rings (SSSR count). The van der Waals surface area contributed by atoms with Gasteiger partial charge in [0.15, 0.2) is 23.3 Å². The number of benzene rings is 8. The van der Waals surface area contributed by atoms with Crippen molar-refractivity contribution in [2.45, 2.75) is 33.1 Å². The molecule has 8 heterocycles. The molecule has 1 amide bonds. The molecule has 4 aliphatic carbocycles. The van der Waals surface area contributed by atoms with Crippen molar-refractivity contribution >= 4 is 217 Å². The van der Waals surface area contributed by atoms with Crippen LogP contribution in [-0.2, 0) is 9.59 Å². The topological polar surface area (TPSA) is 352 Å². The van der Waals surface area contributed by atoms with Crippen LogP contribution in [0.5, 0.6) is 0 Å². The maximum Gasteiger partial charge on any atom is 0.327 e. The van der Waals surface area contributed by atoms with Gasteiger partial charge in [-0.1, -0.05) is 161 Å². The molecule has 4 saturated heterocycles. The number of aromatic nitrogens is 8. The predicted octanol–water partition coefficient (Wildman–Crippen LogP) is 20.6. The second-order valence-corrected chi connectivity index (χ2v) is 36.3. The molecule has 4 aromatic heterocycles. The SMILES string of the molecule is C.C=CC(=O)Nc1cc2c(Nc3ccc(Cl)c(Cl)c3F)ncnc2cc1C#C[C@@]12C[C@@H]1CN(C)C2.C=CC(=O)O.CN1C[C@H]2C[C@@]2(C#Cc2cc3ncnc(Nc4ccc(Cl)c(Cl)c4F)c3cc2N)C1.CN1C[C@H]2C[C@@]2(C#Cc2cc3ncnc(Nc4ccc(Cl)c(Cl)c4F)c3cc2[N+](=O)[O-])C1.O=[N+]([O-])c1cc2c(Nc3ccc(Cl)c(Cl)c3F)ncnc2cc1C#C[C@]12CNC[C@H]1C2. The third-order valence-electron chi connectivity index (χ3n) is 24.0. The van der Waals surface area contributed by atoms with Gasteiger partial charge in [0.05, 0.1) is 106 Å². The molecular weight excluding hydrogens is 1880 g/mol. The Morgan fingerprint density at radius 2 is 0.774 bits per heavy atom. The zero-order chi connectivity index (χ0) is 93.7. The maximum absolute atomic E-state index is 14.6. The van der Waals surface area contributed by atoms with Gasteiger partial charge in [-0.05, 0) is 168 Å². The molecule has 0 spiro atoms. The van der Waals surface area contributed by atoms with E-state index in [1.165, 1.54) is 92.0 Å². The van der Waals surface area contributed by atoms with E-state index in [1.807, 2.05) is 6.07 Å². The van der Waals surface area contributed by atoms with Crippen molar-refractivity contribution < 1.29 is 42.1 Å². The highest BCUT2D eigenvalue weighted by atomic mass is 35.5. The smallest absolute Gasteiger partial charge is 0.327 e. The molecule has 12 aromatic rings. The van der Waals surface area contributed by atoms with Crippen molar-refractivity contribution in [2.75, 3.05) is 106 Å². The molecule has 678 valence electrons. The first-order valence-corrected chi connectivity index (χ1v) is 43.6. The Kier molecular flexibility index (Phi) is 27.6. The Hall–Kier alpha value is -12.5. The second-order valence-electron chi connectivity index (χ2n) is 33.1. The largest absolute Gasteiger partial charge is 0.478 e. The number of piperidine rings is 4. The summed E-state index contributed by atoms with van der Waals surface area (Å²) in [6.45, 7) is 14.2. The summed E-state index contributed by atoms with van der Waals surface area (Å²) in [6.07, 6.45) is 11.7. The van der Waals surface area contributed by atoms with Gasteiger partial charge in [0.2, 0.25) is 5.91 Å². The zero-order valence-electron chi connectivity index (χ0n) is 69.7. The van der Waals surface area contributed by atoms with E-state index in [-0.39, 0.29) is 126 Å². The number of carboxylic acid groups (broad SMARTS) is 1. The van der Waals surface area contributed by atoms with Gasteiger partial charge in [-0.15, -0.1) is 0 Å². The number of carboxylic acids is 1. The number of nitrogens with one attached hydrogen (secondary N) is 6. The molecule has 9 N–H and O–H groups in total. The highest BCUT2D eigenvalue weighted by Crippen LogP contribution is 2.60. The standard InChI is InChI=1S/C25H20Cl2FN5O.C22H16Cl2FN5O2.C22H18Cl2FN5.C21H14Cl2FN5O2.C3H4O2.CH4/c1-3-21(34)31-19-9-16-20(8-14(19)6-7-25-10-15(25)11-33(2)12-25)29-13-30-24(16)32-18-5-4-17(26)22(27)23(18)28;1-29-9-13-8-22(13,10-29)5-4-12-6-17-14(7-18(12)30(31)32)21(27-11-26-17)28-16-3-2-15(23)19(24)20(16)25;1-30-9-13-8-22(13,10-30)5-4-12-6-18-14(7-16(12)26)21(28-11-27-18)29-17-3-2-15(23)19(24)20(17)25;22-14-1-2-15(19(24)18(14)23)28-20-13-6-17(29(30)31)11(5-16(13)26-10-27-20)3-4-21-7-12(21)8-25-9-21;1-2-3(4)5;/h3-5,8-9,13,15H,1,10-12H2,2H3,(H,31,34)(H,29,30,32);2-3,6-7,11,13H,8-10H2,1H3,(H,26,27,28);2-3,6-7,11,13H,8-10,26H2,1H3,(H,27,28,29);1-2,5-6,10,12,25H,7-9H2,(H,26,27,28);2H,1H2,(H,4,5);1H4/t15-,25+;2*13-,22+;12-,21+;;/m1111../s1. The van der Waals surface area contributed by atoms with Gasteiger partial charge in [0, 0.05) is 118 Å². The molecule has 8 aliphatic rings. The molecule has 0 unspecified atom stereocenters. The summed E-state index contributed by atoms with van der Waals surface area (Å²) in [5.41, 5.74) is 11.4. The number of hydrogen-bond acceptors (Lipinski definition) is 23. The molecule has 8 fully saturated rings. The van der Waals surface area contributed by atoms with E-state index >= 15 is 0 Å². The van der Waals surface area contributed by atoms with Crippen LogP contribution in [0.3, 0.4) is 0 Å². The lowest BCUT2D eigenvalue weighted by Crippen LogP contribution is -2.19. The van der Waals surface area contributed by atoms with E-state index < -0.39 is 39.1 Å². The van der Waals surface area contributed by atoms with Gasteiger partial charge in [-0.25, -0.2) is 62.2 Å². The van der Waals surface area contributed by atoms with Gasteiger partial charge in [0.25, 0.3) is 11.4 Å². The van der Waals surface area contributed by atoms with Crippen molar-refractivity contribution in [1.29, 1.82) is 0 Å². The van der Waals surface area contributed by atoms with Crippen molar-refractivity contribution in [3.63, 3.8) is 0 Å². The van der Waals surface area contributed by atoms with Crippen molar-refractivity contribution in [3.8, 4) is 47.4 Å². The zero-order valence-corrected chi connectivity index (χ0v) is 75.8. The highest BCUT2D eigenvalue weighted by Gasteiger charge is 2.60. The number of nitro groups is 2. The van der Waals surface area contributed by atoms with E-state index in [0.29, 0.717) is 101 Å². The normalized spacial score (nSPS) is 20.8. The van der Waals surface area contributed by atoms with Crippen LogP contribution in [0.2, 0.25) is 40.2 Å². The Balaban J connectivity index is 0.000000133. The lowest BCUT2D eigenvalue weighted by atomic mass is 10.0. The summed E-state index contributed by atoms with van der Waals surface area (Å²) in [7, 11) is 6.28. The first kappa shape index (κ1) is 95.1. The van der Waals surface area contributed by atoms with Crippen molar-refractivity contribution in [1.82, 2.24) is 59.9 Å². The summed E-state index contributed by atoms with van der Waals surface area (Å²) >= 11 is 47.0. The molecule has 8 atom stereocenters. The highest BCUT2D eigenvalue weighted by molar-refractivity contribution is 6.44. The van der Waals surface area contributed by atoms with Crippen LogP contribution in [0, 0.1) is 136 Å². The maximum atomic E-state index is 14.6. The number of aliphatic carboxylic acids is 1. The summed E-state index contributed by atoms with van der Waals surface area (Å²) in [4.78, 5) is 84.6. The number of hydrogen-bond donors (Lipinski definition) is 8. The summed E-state index contributed by atoms with van der Waals surface area (Å²) in [5.74, 6) is 25.2. The third-order valence-corrected chi connectivity index (χ3v) is 27.2. The summed E-state index contributed by atoms with van der Waals surface area (Å²) in [5, 5.41) is 50.4. The van der Waals surface area contributed by atoms with Gasteiger partial charge in [-0.3, -0.25) is 25.0 Å². The molecule has 8 aromatic carbocycles. The lowest BCUT2D eigenvalue weighted by molar-refractivity contribution is -0.385. The molecule has 0 bridgehead atoms. The third kappa shape index (κ3) is 20.2. The fourth-order valence-corrected chi connectivity index (χ4v) is 18.1. The fourth-order valence-electron chi connectivity index (χ4n) is 16.9. The molecule has 39 heteroatoms. The first-order chi connectivity index (χ1) is 63.1. The second kappa shape index (κ2) is 38.6. The minimum absolute atomic E-state index is 0. The predicted molar refractivity (Wildman–Crippen MR) is 513 cm³/mol. The van der Waals surface area contributed by atoms with E-state index in [0.717, 1.165) is 89.7 Å². The molecule has 4 aliphatic heterocycles. The van der Waals surface area contributed by atoms with Crippen LogP contribution in [0.25, 0.3) is 43.6 Å². The molecule has 27 nitrogen and oxygen atoms in total. The van der Waals surface area contributed by atoms with E-state index in [9.17, 15) is 47.4 Å². The number of fused-ring (bicyclic) bond motifs is 8. The summed E-state index contributed by atoms with van der Waals surface area (Å²) in [6, 6.07) is 24.7. The number of likely N-dealkylation sites (tertiary alicyclic amines) is 3. The molecule has 133 heavy (non-hydrogen) atoms. The number of nitro benzene ring substituents is 2. The van der Waals surface area contributed by atoms with Gasteiger partial charge >= 0.3 is 5.97 Å². The Morgan fingerprint density at radius 1 is 0.466 bits per heavy atom. The van der Waals surface area contributed by atoms with Gasteiger partial charge in [-0.2, -0.15) is 0 Å². The Bertz CT molecular complexity index is 7170. The van der Waals surface area contributed by atoms with Crippen LogP contribution < -0.4 is 37.6 Å². The van der Waals surface area contributed by atoms with Crippen LogP contribution in [-0.4, -0.2) is 155 Å². The minimum Gasteiger partial charge on any atom is -0.478 e. The fraction of sp³-hybridized carbons (Fsp3) is 0.255. The lowest BCUT2D eigenvalue weighted by Gasteiger charge is -2.13. The Labute approximate surface area is 798 Å². The number of amides is 1. The number of nitrogen functional groups attached to an aromatic ring is 1. The van der Waals surface area contributed by atoms with Crippen molar-refractivity contribution in [2.24, 2.45) is 45.3 Å². The molecular formula is C94H76Cl8F4N20O7. The number of anilines is 10. The average molecular weight is 1960 g/mol. The van der Waals surface area contributed by atoms with E-state index in [1.54, 1.807) is 30.3 Å². The average Bonchev–Trinajstić information content (AvgIpc) is 1.60. The van der Waals surface area contributed by atoms with Crippen LogP contribution in [0.4, 0.5) is 86.3 Å². The first-order valence-electron chi connectivity index (χ1n) is 40.6. The number of carbonyl (C=O) groups excluding carboxylic acids is 1.